The van der Waals surface area contributed by atoms with Gasteiger partial charge in [-0.3, -0.25) is 0 Å². The molecule has 21 heavy (non-hydrogen) atoms. The molecule has 1 aromatic rings. The minimum Gasteiger partial charge on any atom is -0.375 e. The van der Waals surface area contributed by atoms with Gasteiger partial charge >= 0.3 is 0 Å². The number of benzene rings is 1. The van der Waals surface area contributed by atoms with Crippen LogP contribution in [-0.2, 0) is 14.8 Å². The van der Waals surface area contributed by atoms with Crippen LogP contribution < -0.4 is 10.5 Å². The van der Waals surface area contributed by atoms with Crippen molar-refractivity contribution in [2.45, 2.75) is 31.3 Å². The van der Waals surface area contributed by atoms with Crippen molar-refractivity contribution in [2.75, 3.05) is 19.7 Å². The van der Waals surface area contributed by atoms with E-state index in [9.17, 15) is 8.42 Å². The van der Waals surface area contributed by atoms with Crippen LogP contribution in [0, 0.1) is 11.8 Å². The van der Waals surface area contributed by atoms with E-state index in [-0.39, 0.29) is 18.0 Å². The molecule has 0 amide bonds. The van der Waals surface area contributed by atoms with Crippen LogP contribution in [0.25, 0.3) is 0 Å². The third kappa shape index (κ3) is 5.86. The van der Waals surface area contributed by atoms with Gasteiger partial charge in [-0.1, -0.05) is 11.8 Å². The zero-order chi connectivity index (χ0) is 15.9. The van der Waals surface area contributed by atoms with Crippen molar-refractivity contribution in [3.63, 3.8) is 0 Å². The highest BCUT2D eigenvalue weighted by molar-refractivity contribution is 7.89. The molecule has 0 heterocycles. The molecule has 0 bridgehead atoms. The van der Waals surface area contributed by atoms with Crippen LogP contribution in [0.4, 0.5) is 0 Å². The van der Waals surface area contributed by atoms with Crippen LogP contribution in [0.15, 0.2) is 29.2 Å². The lowest BCUT2D eigenvalue weighted by Gasteiger charge is -2.24. The number of sulfonamides is 1. The molecule has 116 valence electrons. The first kappa shape index (κ1) is 17.7. The predicted molar refractivity (Wildman–Crippen MR) is 83.3 cm³/mol. The molecule has 1 rings (SSSR count). The van der Waals surface area contributed by atoms with Gasteiger partial charge in [0.15, 0.2) is 0 Å². The van der Waals surface area contributed by atoms with Gasteiger partial charge in [0.2, 0.25) is 10.0 Å². The minimum atomic E-state index is -3.55. The van der Waals surface area contributed by atoms with Gasteiger partial charge in [-0.15, -0.1) is 0 Å². The maximum absolute atomic E-state index is 12.2. The molecule has 0 atom stereocenters. The van der Waals surface area contributed by atoms with Gasteiger partial charge in [-0.2, -0.15) is 0 Å². The van der Waals surface area contributed by atoms with Gasteiger partial charge < -0.3 is 10.5 Å². The second-order valence-corrected chi connectivity index (χ2v) is 6.81. The van der Waals surface area contributed by atoms with Crippen LogP contribution in [0.1, 0.15) is 26.3 Å². The fourth-order valence-electron chi connectivity index (χ4n) is 1.66. The highest BCUT2D eigenvalue weighted by Gasteiger charge is 2.22. The second-order valence-electron chi connectivity index (χ2n) is 5.05. The number of rotatable bonds is 6. The number of hydrogen-bond acceptors (Lipinski definition) is 4. The van der Waals surface area contributed by atoms with Crippen molar-refractivity contribution in [1.82, 2.24) is 4.72 Å². The Hall–Kier alpha value is -1.39. The van der Waals surface area contributed by atoms with Gasteiger partial charge in [0.1, 0.15) is 0 Å². The molecule has 0 fully saturated rings. The maximum atomic E-state index is 12.2. The van der Waals surface area contributed by atoms with Crippen LogP contribution in [0.2, 0.25) is 0 Å². The number of hydrogen-bond donors (Lipinski definition) is 2. The van der Waals surface area contributed by atoms with E-state index in [4.69, 9.17) is 10.5 Å². The van der Waals surface area contributed by atoms with Gasteiger partial charge in [-0.25, -0.2) is 13.1 Å². The van der Waals surface area contributed by atoms with E-state index in [0.717, 1.165) is 5.56 Å². The zero-order valence-corrected chi connectivity index (χ0v) is 13.5. The van der Waals surface area contributed by atoms with E-state index >= 15 is 0 Å². The first-order valence-electron chi connectivity index (χ1n) is 6.73. The molecule has 0 aliphatic rings. The molecule has 0 saturated heterocycles. The standard InChI is InChI=1S/C15H22N2O3S/c1-4-20-15(2,3)12-17-21(18,19)14-9-7-13(8-10-14)6-5-11-16/h7-10,17H,4,11-12,16H2,1-3H3. The highest BCUT2D eigenvalue weighted by Crippen LogP contribution is 2.12. The third-order valence-corrected chi connectivity index (χ3v) is 4.14. The van der Waals surface area contributed by atoms with E-state index in [2.05, 4.69) is 16.6 Å². The molecule has 1 aromatic carbocycles. The summed E-state index contributed by atoms with van der Waals surface area (Å²) in [7, 11) is -3.55. The summed E-state index contributed by atoms with van der Waals surface area (Å²) in [4.78, 5) is 0.202. The average Bonchev–Trinajstić information content (AvgIpc) is 2.44. The van der Waals surface area contributed by atoms with Crippen LogP contribution >= 0.6 is 0 Å². The summed E-state index contributed by atoms with van der Waals surface area (Å²) in [5.41, 5.74) is 5.47. The maximum Gasteiger partial charge on any atom is 0.240 e. The molecule has 0 aliphatic heterocycles. The van der Waals surface area contributed by atoms with Crippen molar-refractivity contribution in [1.29, 1.82) is 0 Å². The van der Waals surface area contributed by atoms with Crippen molar-refractivity contribution < 1.29 is 13.2 Å². The summed E-state index contributed by atoms with van der Waals surface area (Å²) in [6.07, 6.45) is 0. The van der Waals surface area contributed by atoms with Crippen molar-refractivity contribution in [3.8, 4) is 11.8 Å². The molecule has 0 spiro atoms. The monoisotopic (exact) mass is 310 g/mol. The van der Waals surface area contributed by atoms with Crippen LogP contribution in [-0.4, -0.2) is 33.7 Å². The molecule has 5 nitrogen and oxygen atoms in total. The molecule has 6 heteroatoms. The zero-order valence-electron chi connectivity index (χ0n) is 12.6. The average molecular weight is 310 g/mol. The Morgan fingerprint density at radius 2 is 1.90 bits per heavy atom. The fraction of sp³-hybridized carbons (Fsp3) is 0.467. The topological polar surface area (TPSA) is 81.4 Å². The number of nitrogens with two attached hydrogens (primary N) is 1. The van der Waals surface area contributed by atoms with E-state index in [1.54, 1.807) is 12.1 Å². The van der Waals surface area contributed by atoms with E-state index < -0.39 is 15.6 Å². The Bertz CT molecular complexity index is 611. The Labute approximate surface area is 126 Å². The predicted octanol–water partition coefficient (Wildman–Crippen LogP) is 1.09. The Morgan fingerprint density at radius 3 is 2.43 bits per heavy atom. The third-order valence-electron chi connectivity index (χ3n) is 2.72. The Morgan fingerprint density at radius 1 is 1.29 bits per heavy atom. The largest absolute Gasteiger partial charge is 0.375 e. The highest BCUT2D eigenvalue weighted by atomic mass is 32.2. The quantitative estimate of drug-likeness (QED) is 0.771. The van der Waals surface area contributed by atoms with Gasteiger partial charge in [0.25, 0.3) is 0 Å². The first-order valence-corrected chi connectivity index (χ1v) is 8.21. The second kappa shape index (κ2) is 7.57. The Kier molecular flexibility index (Phi) is 6.37. The SMILES string of the molecule is CCOC(C)(C)CNS(=O)(=O)c1ccc(C#CCN)cc1. The smallest absolute Gasteiger partial charge is 0.240 e. The first-order chi connectivity index (χ1) is 9.80. The molecule has 0 saturated carbocycles. The summed E-state index contributed by atoms with van der Waals surface area (Å²) in [6, 6.07) is 6.36. The van der Waals surface area contributed by atoms with E-state index in [1.807, 2.05) is 20.8 Å². The molecule has 0 aliphatic carbocycles. The lowest BCUT2D eigenvalue weighted by molar-refractivity contribution is -0.00515. The lowest BCUT2D eigenvalue weighted by Crippen LogP contribution is -2.40. The summed E-state index contributed by atoms with van der Waals surface area (Å²) in [5, 5.41) is 0. The van der Waals surface area contributed by atoms with Crippen molar-refractivity contribution >= 4 is 10.0 Å². The van der Waals surface area contributed by atoms with Gasteiger partial charge in [-0.05, 0) is 45.0 Å². The fourth-order valence-corrected chi connectivity index (χ4v) is 2.86. The molecular weight excluding hydrogens is 288 g/mol. The summed E-state index contributed by atoms with van der Waals surface area (Å²) >= 11 is 0. The number of ether oxygens (including phenoxy) is 1. The lowest BCUT2D eigenvalue weighted by atomic mass is 10.1. The molecular formula is C15H22N2O3S. The van der Waals surface area contributed by atoms with Crippen molar-refractivity contribution in [3.05, 3.63) is 29.8 Å². The number of nitrogens with one attached hydrogen (secondary N) is 1. The molecule has 0 unspecified atom stereocenters. The van der Waals surface area contributed by atoms with Gasteiger partial charge in [0.05, 0.1) is 17.0 Å². The Balaban J connectivity index is 2.79. The van der Waals surface area contributed by atoms with Crippen molar-refractivity contribution in [2.24, 2.45) is 5.73 Å². The van der Waals surface area contributed by atoms with E-state index in [0.29, 0.717) is 6.61 Å². The molecule has 3 N–H and O–H groups in total. The minimum absolute atomic E-state index is 0.202. The van der Waals surface area contributed by atoms with E-state index in [1.165, 1.54) is 12.1 Å². The summed E-state index contributed by atoms with van der Waals surface area (Å²) in [5.74, 6) is 5.56. The normalized spacial score (nSPS) is 11.8. The van der Waals surface area contributed by atoms with Gasteiger partial charge in [0, 0.05) is 18.7 Å². The van der Waals surface area contributed by atoms with Crippen LogP contribution in [0.5, 0.6) is 0 Å². The summed E-state index contributed by atoms with van der Waals surface area (Å²) in [6.45, 7) is 6.56. The van der Waals surface area contributed by atoms with Crippen LogP contribution in [0.3, 0.4) is 0 Å². The molecule has 0 aromatic heterocycles. The molecule has 0 radical (unpaired) electrons. The summed E-state index contributed by atoms with van der Waals surface area (Å²) < 4.78 is 32.4.